The van der Waals surface area contributed by atoms with Crippen LogP contribution in [0.25, 0.3) is 0 Å². The van der Waals surface area contributed by atoms with Gasteiger partial charge in [0.05, 0.1) is 5.56 Å². The molecule has 2 aliphatic rings. The van der Waals surface area contributed by atoms with Crippen LogP contribution in [0.1, 0.15) is 34.7 Å². The van der Waals surface area contributed by atoms with Gasteiger partial charge in [0.25, 0.3) is 5.91 Å². The molecule has 0 bridgehead atoms. The van der Waals surface area contributed by atoms with Crippen molar-refractivity contribution in [2.24, 2.45) is 11.8 Å². The predicted octanol–water partition coefficient (Wildman–Crippen LogP) is 2.48. The number of fused-ring (bicyclic) bond motifs is 1. The van der Waals surface area contributed by atoms with Crippen molar-refractivity contribution < 1.29 is 4.79 Å². The molecule has 0 unspecified atom stereocenters. The molecule has 0 N–H and O–H groups in total. The molecule has 0 radical (unpaired) electrons. The number of rotatable bonds is 2. The molecule has 4 rings (SSSR count). The maximum atomic E-state index is 12.7. The van der Waals surface area contributed by atoms with E-state index in [-0.39, 0.29) is 5.91 Å². The second kappa shape index (κ2) is 7.02. The SMILES string of the molecule is Cc1cc(N2CC[C@@H]3CN(C(=O)c4cnc(C)nc4)C[C@@H]3CC2)ccn1. The first kappa shape index (κ1) is 16.9. The molecular formula is C20H25N5O. The van der Waals surface area contributed by atoms with E-state index in [0.717, 1.165) is 44.7 Å². The molecule has 2 atom stereocenters. The standard InChI is InChI=1S/C20H25N5O/c1-14-9-19(3-6-21-14)24-7-4-16-12-25(13-17(16)5-8-24)20(26)18-10-22-15(2)23-11-18/h3,6,9-11,16-17H,4-5,7-8,12-13H2,1-2H3/t16-,17+. The van der Waals surface area contributed by atoms with E-state index in [2.05, 4.69) is 32.0 Å². The predicted molar refractivity (Wildman–Crippen MR) is 100 cm³/mol. The van der Waals surface area contributed by atoms with Crippen molar-refractivity contribution in [1.82, 2.24) is 19.9 Å². The van der Waals surface area contributed by atoms with E-state index in [9.17, 15) is 4.79 Å². The molecule has 2 fully saturated rings. The number of anilines is 1. The summed E-state index contributed by atoms with van der Waals surface area (Å²) in [5, 5.41) is 0. The van der Waals surface area contributed by atoms with Gasteiger partial charge in [0.15, 0.2) is 0 Å². The highest BCUT2D eigenvalue weighted by atomic mass is 16.2. The number of aryl methyl sites for hydroxylation is 2. The third kappa shape index (κ3) is 3.41. The molecule has 4 heterocycles. The fraction of sp³-hybridized carbons (Fsp3) is 0.500. The summed E-state index contributed by atoms with van der Waals surface area (Å²) in [6.45, 7) is 7.65. The van der Waals surface area contributed by atoms with E-state index in [1.165, 1.54) is 5.69 Å². The molecule has 2 aromatic rings. The first-order chi connectivity index (χ1) is 12.6. The highest BCUT2D eigenvalue weighted by molar-refractivity contribution is 5.93. The van der Waals surface area contributed by atoms with E-state index in [0.29, 0.717) is 23.2 Å². The van der Waals surface area contributed by atoms with Gasteiger partial charge in [0, 0.05) is 56.2 Å². The van der Waals surface area contributed by atoms with Crippen molar-refractivity contribution in [3.8, 4) is 0 Å². The highest BCUT2D eigenvalue weighted by Crippen LogP contribution is 2.33. The summed E-state index contributed by atoms with van der Waals surface area (Å²) in [5.74, 6) is 1.93. The second-order valence-electron chi connectivity index (χ2n) is 7.47. The quantitative estimate of drug-likeness (QED) is 0.832. The molecule has 136 valence electrons. The Morgan fingerprint density at radius 3 is 2.31 bits per heavy atom. The topological polar surface area (TPSA) is 62.2 Å². The minimum Gasteiger partial charge on any atom is -0.371 e. The first-order valence-corrected chi connectivity index (χ1v) is 9.35. The minimum atomic E-state index is 0.0692. The van der Waals surface area contributed by atoms with Crippen LogP contribution < -0.4 is 4.90 Å². The summed E-state index contributed by atoms with van der Waals surface area (Å²) in [4.78, 5) is 29.8. The molecule has 1 amide bonds. The van der Waals surface area contributed by atoms with Crippen LogP contribution in [-0.2, 0) is 0 Å². The first-order valence-electron chi connectivity index (χ1n) is 9.35. The van der Waals surface area contributed by atoms with Gasteiger partial charge in [-0.3, -0.25) is 9.78 Å². The molecule has 2 saturated heterocycles. The van der Waals surface area contributed by atoms with Gasteiger partial charge in [0.2, 0.25) is 0 Å². The molecule has 26 heavy (non-hydrogen) atoms. The third-order valence-corrected chi connectivity index (χ3v) is 5.68. The van der Waals surface area contributed by atoms with Crippen LogP contribution in [0.4, 0.5) is 5.69 Å². The summed E-state index contributed by atoms with van der Waals surface area (Å²) in [6, 6.07) is 4.26. The molecule has 0 aliphatic carbocycles. The van der Waals surface area contributed by atoms with Gasteiger partial charge in [-0.2, -0.15) is 0 Å². The van der Waals surface area contributed by atoms with Crippen molar-refractivity contribution in [3.05, 3.63) is 47.8 Å². The van der Waals surface area contributed by atoms with E-state index >= 15 is 0 Å². The normalized spacial score (nSPS) is 22.8. The molecule has 2 aromatic heterocycles. The van der Waals surface area contributed by atoms with Crippen molar-refractivity contribution in [2.45, 2.75) is 26.7 Å². The average Bonchev–Trinajstić information content (AvgIpc) is 2.95. The van der Waals surface area contributed by atoms with E-state index in [1.807, 2.05) is 24.9 Å². The summed E-state index contributed by atoms with van der Waals surface area (Å²) < 4.78 is 0. The Balaban J connectivity index is 1.41. The molecule has 0 saturated carbocycles. The summed E-state index contributed by atoms with van der Waals surface area (Å²) in [7, 11) is 0. The Labute approximate surface area is 154 Å². The highest BCUT2D eigenvalue weighted by Gasteiger charge is 2.37. The van der Waals surface area contributed by atoms with Crippen LogP contribution in [0.2, 0.25) is 0 Å². The Morgan fingerprint density at radius 1 is 1.04 bits per heavy atom. The van der Waals surface area contributed by atoms with Crippen LogP contribution in [0.3, 0.4) is 0 Å². The summed E-state index contributed by atoms with van der Waals surface area (Å²) in [6.07, 6.45) is 7.43. The van der Waals surface area contributed by atoms with Crippen molar-refractivity contribution >= 4 is 11.6 Å². The fourth-order valence-electron chi connectivity index (χ4n) is 4.18. The number of aromatic nitrogens is 3. The smallest absolute Gasteiger partial charge is 0.257 e. The van der Waals surface area contributed by atoms with Gasteiger partial charge < -0.3 is 9.80 Å². The van der Waals surface area contributed by atoms with Crippen LogP contribution in [0, 0.1) is 25.7 Å². The molecule has 6 heteroatoms. The third-order valence-electron chi connectivity index (χ3n) is 5.68. The van der Waals surface area contributed by atoms with Crippen LogP contribution >= 0.6 is 0 Å². The van der Waals surface area contributed by atoms with Gasteiger partial charge in [-0.1, -0.05) is 0 Å². The Bertz CT molecular complexity index is 775. The van der Waals surface area contributed by atoms with E-state index in [4.69, 9.17) is 0 Å². The lowest BCUT2D eigenvalue weighted by atomic mass is 9.92. The Morgan fingerprint density at radius 2 is 1.69 bits per heavy atom. The van der Waals surface area contributed by atoms with Gasteiger partial charge in [-0.25, -0.2) is 9.97 Å². The molecule has 6 nitrogen and oxygen atoms in total. The Kier molecular flexibility index (Phi) is 4.57. The van der Waals surface area contributed by atoms with Crippen LogP contribution in [-0.4, -0.2) is 51.9 Å². The van der Waals surface area contributed by atoms with E-state index in [1.54, 1.807) is 12.4 Å². The number of nitrogens with zero attached hydrogens (tertiary/aromatic N) is 5. The number of carbonyl (C=O) groups excluding carboxylic acids is 1. The van der Waals surface area contributed by atoms with Gasteiger partial charge in [0.1, 0.15) is 5.82 Å². The van der Waals surface area contributed by atoms with Gasteiger partial charge in [-0.05, 0) is 50.7 Å². The lowest BCUT2D eigenvalue weighted by Gasteiger charge is -2.24. The number of pyridine rings is 1. The maximum absolute atomic E-state index is 12.7. The molecule has 0 spiro atoms. The van der Waals surface area contributed by atoms with Crippen molar-refractivity contribution in [3.63, 3.8) is 0 Å². The molecule has 0 aromatic carbocycles. The van der Waals surface area contributed by atoms with E-state index < -0.39 is 0 Å². The zero-order valence-electron chi connectivity index (χ0n) is 15.4. The maximum Gasteiger partial charge on any atom is 0.257 e. The molecular weight excluding hydrogens is 326 g/mol. The number of hydrogen-bond donors (Lipinski definition) is 0. The Hall–Kier alpha value is -2.50. The lowest BCUT2D eigenvalue weighted by Crippen LogP contribution is -2.31. The summed E-state index contributed by atoms with van der Waals surface area (Å²) in [5.41, 5.74) is 2.92. The number of hydrogen-bond acceptors (Lipinski definition) is 5. The average molecular weight is 351 g/mol. The van der Waals surface area contributed by atoms with Gasteiger partial charge >= 0.3 is 0 Å². The zero-order chi connectivity index (χ0) is 18.1. The lowest BCUT2D eigenvalue weighted by molar-refractivity contribution is 0.0782. The van der Waals surface area contributed by atoms with Gasteiger partial charge in [-0.15, -0.1) is 0 Å². The number of likely N-dealkylation sites (tertiary alicyclic amines) is 1. The largest absolute Gasteiger partial charge is 0.371 e. The number of amides is 1. The monoisotopic (exact) mass is 351 g/mol. The second-order valence-corrected chi connectivity index (χ2v) is 7.47. The fourth-order valence-corrected chi connectivity index (χ4v) is 4.18. The van der Waals surface area contributed by atoms with Crippen molar-refractivity contribution in [1.29, 1.82) is 0 Å². The summed E-state index contributed by atoms with van der Waals surface area (Å²) >= 11 is 0. The van der Waals surface area contributed by atoms with Crippen molar-refractivity contribution in [2.75, 3.05) is 31.1 Å². The number of carbonyl (C=O) groups is 1. The zero-order valence-corrected chi connectivity index (χ0v) is 15.4. The van der Waals surface area contributed by atoms with Crippen LogP contribution in [0.15, 0.2) is 30.7 Å². The minimum absolute atomic E-state index is 0.0692. The van der Waals surface area contributed by atoms with Crippen LogP contribution in [0.5, 0.6) is 0 Å². The molecule has 2 aliphatic heterocycles.